The Morgan fingerprint density at radius 2 is 1.87 bits per heavy atom. The van der Waals surface area contributed by atoms with Crippen LogP contribution < -0.4 is 9.47 Å². The Morgan fingerprint density at radius 3 is 2.27 bits per heavy atom. The summed E-state index contributed by atoms with van der Waals surface area (Å²) in [5.41, 5.74) is 0. The standard InChI is InChI=1S/C9H13ClN2O2S/c1-6(5-10)15-9-11-7(13-2)4-8(12-9)14-3/h4,6H,5H2,1-3H3. The molecular formula is C9H13ClN2O2S. The molecule has 0 saturated carbocycles. The minimum atomic E-state index is 0.253. The second-order valence-corrected chi connectivity index (χ2v) is 4.53. The van der Waals surface area contributed by atoms with Crippen molar-refractivity contribution < 1.29 is 9.47 Å². The second-order valence-electron chi connectivity index (χ2n) is 2.82. The maximum absolute atomic E-state index is 5.71. The molecule has 84 valence electrons. The highest BCUT2D eigenvalue weighted by Crippen LogP contribution is 2.25. The van der Waals surface area contributed by atoms with Crippen molar-refractivity contribution in [2.75, 3.05) is 20.1 Å². The van der Waals surface area contributed by atoms with Crippen molar-refractivity contribution in [2.45, 2.75) is 17.3 Å². The summed E-state index contributed by atoms with van der Waals surface area (Å²) in [4.78, 5) is 8.36. The molecule has 15 heavy (non-hydrogen) atoms. The Kier molecular flexibility index (Phi) is 4.98. The molecular weight excluding hydrogens is 236 g/mol. The SMILES string of the molecule is COc1cc(OC)nc(SC(C)CCl)n1. The second kappa shape index (κ2) is 6.02. The minimum Gasteiger partial charge on any atom is -0.481 e. The summed E-state index contributed by atoms with van der Waals surface area (Å²) in [5.74, 6) is 1.53. The maximum Gasteiger partial charge on any atom is 0.220 e. The highest BCUT2D eigenvalue weighted by Gasteiger charge is 2.09. The lowest BCUT2D eigenvalue weighted by Crippen LogP contribution is -2.01. The van der Waals surface area contributed by atoms with Crippen molar-refractivity contribution in [3.8, 4) is 11.8 Å². The third-order valence-corrected chi connectivity index (χ3v) is 3.21. The number of hydrogen-bond acceptors (Lipinski definition) is 5. The fraction of sp³-hybridized carbons (Fsp3) is 0.556. The smallest absolute Gasteiger partial charge is 0.220 e. The Balaban J connectivity index is 2.86. The average Bonchev–Trinajstić information content (AvgIpc) is 2.28. The van der Waals surface area contributed by atoms with Crippen LogP contribution in [0, 0.1) is 0 Å². The van der Waals surface area contributed by atoms with Gasteiger partial charge in [0.15, 0.2) is 5.16 Å². The summed E-state index contributed by atoms with van der Waals surface area (Å²) in [6.07, 6.45) is 0. The van der Waals surface area contributed by atoms with Gasteiger partial charge in [-0.15, -0.1) is 11.6 Å². The first kappa shape index (κ1) is 12.4. The Morgan fingerprint density at radius 1 is 1.33 bits per heavy atom. The molecule has 0 N–H and O–H groups in total. The van der Waals surface area contributed by atoms with Crippen LogP contribution in [0.5, 0.6) is 11.8 Å². The highest BCUT2D eigenvalue weighted by atomic mass is 35.5. The molecule has 0 bridgehead atoms. The number of aromatic nitrogens is 2. The molecule has 1 unspecified atom stereocenters. The Hall–Kier alpha value is -0.680. The van der Waals surface area contributed by atoms with Crippen LogP contribution in [0.2, 0.25) is 0 Å². The van der Waals surface area contributed by atoms with Gasteiger partial charge in [-0.3, -0.25) is 0 Å². The summed E-state index contributed by atoms with van der Waals surface area (Å²) >= 11 is 7.20. The molecule has 6 heteroatoms. The molecule has 0 aliphatic heterocycles. The van der Waals surface area contributed by atoms with Crippen LogP contribution in [0.3, 0.4) is 0 Å². The van der Waals surface area contributed by atoms with Gasteiger partial charge in [-0.2, -0.15) is 9.97 Å². The highest BCUT2D eigenvalue weighted by molar-refractivity contribution is 7.99. The first-order chi connectivity index (χ1) is 7.19. The molecule has 1 atom stereocenters. The van der Waals surface area contributed by atoms with Gasteiger partial charge in [-0.25, -0.2) is 0 Å². The van der Waals surface area contributed by atoms with E-state index in [4.69, 9.17) is 21.1 Å². The van der Waals surface area contributed by atoms with E-state index < -0.39 is 0 Å². The van der Waals surface area contributed by atoms with E-state index in [1.807, 2.05) is 6.92 Å². The maximum atomic E-state index is 5.71. The summed E-state index contributed by atoms with van der Waals surface area (Å²) in [6, 6.07) is 1.63. The van der Waals surface area contributed by atoms with Crippen molar-refractivity contribution in [1.82, 2.24) is 9.97 Å². The number of alkyl halides is 1. The van der Waals surface area contributed by atoms with E-state index in [1.165, 1.54) is 11.8 Å². The molecule has 0 saturated heterocycles. The van der Waals surface area contributed by atoms with E-state index in [0.717, 1.165) is 0 Å². The first-order valence-corrected chi connectivity index (χ1v) is 5.80. The van der Waals surface area contributed by atoms with E-state index in [9.17, 15) is 0 Å². The molecule has 0 radical (unpaired) electrons. The summed E-state index contributed by atoms with van der Waals surface area (Å²) < 4.78 is 10.1. The molecule has 0 fully saturated rings. The molecule has 0 amide bonds. The van der Waals surface area contributed by atoms with Gasteiger partial charge in [0.05, 0.1) is 20.3 Å². The summed E-state index contributed by atoms with van der Waals surface area (Å²) in [7, 11) is 3.11. The number of hydrogen-bond donors (Lipinski definition) is 0. The number of methoxy groups -OCH3 is 2. The molecule has 0 aromatic carbocycles. The van der Waals surface area contributed by atoms with Gasteiger partial charge in [-0.1, -0.05) is 18.7 Å². The van der Waals surface area contributed by atoms with E-state index in [2.05, 4.69) is 9.97 Å². The monoisotopic (exact) mass is 248 g/mol. The normalized spacial score (nSPS) is 12.3. The van der Waals surface area contributed by atoms with Crippen LogP contribution in [0.25, 0.3) is 0 Å². The van der Waals surface area contributed by atoms with Crippen LogP contribution >= 0.6 is 23.4 Å². The Labute approximate surface area is 98.3 Å². The lowest BCUT2D eigenvalue weighted by Gasteiger charge is -2.08. The van der Waals surface area contributed by atoms with E-state index >= 15 is 0 Å². The van der Waals surface area contributed by atoms with E-state index in [1.54, 1.807) is 20.3 Å². The lowest BCUT2D eigenvalue weighted by atomic mass is 10.6. The number of rotatable bonds is 5. The first-order valence-electron chi connectivity index (χ1n) is 4.39. The van der Waals surface area contributed by atoms with Crippen LogP contribution in [-0.4, -0.2) is 35.3 Å². The topological polar surface area (TPSA) is 44.2 Å². The minimum absolute atomic E-state index is 0.253. The van der Waals surface area contributed by atoms with Gasteiger partial charge in [0.1, 0.15) is 0 Å². The van der Waals surface area contributed by atoms with Crippen LogP contribution in [0.15, 0.2) is 11.2 Å². The van der Waals surface area contributed by atoms with Crippen molar-refractivity contribution in [1.29, 1.82) is 0 Å². The van der Waals surface area contributed by atoms with Crippen LogP contribution in [0.1, 0.15) is 6.92 Å². The third kappa shape index (κ3) is 3.76. The predicted molar refractivity (Wildman–Crippen MR) is 61.2 cm³/mol. The Bertz CT molecular complexity index is 303. The third-order valence-electron chi connectivity index (χ3n) is 1.60. The van der Waals surface area contributed by atoms with Crippen molar-refractivity contribution in [2.24, 2.45) is 0 Å². The molecule has 1 heterocycles. The fourth-order valence-electron chi connectivity index (χ4n) is 0.857. The van der Waals surface area contributed by atoms with E-state index in [0.29, 0.717) is 22.8 Å². The number of halogens is 1. The van der Waals surface area contributed by atoms with Gasteiger partial charge in [-0.05, 0) is 0 Å². The molecule has 0 aliphatic carbocycles. The van der Waals surface area contributed by atoms with Gasteiger partial charge in [0.2, 0.25) is 11.8 Å². The molecule has 1 rings (SSSR count). The van der Waals surface area contributed by atoms with E-state index in [-0.39, 0.29) is 5.25 Å². The lowest BCUT2D eigenvalue weighted by molar-refractivity contribution is 0.364. The molecule has 4 nitrogen and oxygen atoms in total. The zero-order chi connectivity index (χ0) is 11.3. The van der Waals surface area contributed by atoms with Gasteiger partial charge < -0.3 is 9.47 Å². The van der Waals surface area contributed by atoms with Crippen molar-refractivity contribution >= 4 is 23.4 Å². The van der Waals surface area contributed by atoms with Crippen LogP contribution in [-0.2, 0) is 0 Å². The summed E-state index contributed by atoms with van der Waals surface area (Å²) in [5, 5.41) is 0.864. The number of nitrogens with zero attached hydrogens (tertiary/aromatic N) is 2. The predicted octanol–water partition coefficient (Wildman–Crippen LogP) is 2.21. The fourth-order valence-corrected chi connectivity index (χ4v) is 1.75. The van der Waals surface area contributed by atoms with Gasteiger partial charge in [0.25, 0.3) is 0 Å². The largest absolute Gasteiger partial charge is 0.481 e. The summed E-state index contributed by atoms with van der Waals surface area (Å²) in [6.45, 7) is 2.01. The average molecular weight is 249 g/mol. The zero-order valence-corrected chi connectivity index (χ0v) is 10.4. The zero-order valence-electron chi connectivity index (χ0n) is 8.86. The van der Waals surface area contributed by atoms with Crippen LogP contribution in [0.4, 0.5) is 0 Å². The molecule has 1 aromatic heterocycles. The quantitative estimate of drug-likeness (QED) is 0.454. The number of ether oxygens (including phenoxy) is 2. The van der Waals surface area contributed by atoms with Gasteiger partial charge >= 0.3 is 0 Å². The molecule has 0 aliphatic rings. The number of thioether (sulfide) groups is 1. The van der Waals surface area contributed by atoms with Gasteiger partial charge in [0, 0.05) is 11.1 Å². The van der Waals surface area contributed by atoms with Crippen molar-refractivity contribution in [3.05, 3.63) is 6.07 Å². The van der Waals surface area contributed by atoms with Crippen molar-refractivity contribution in [3.63, 3.8) is 0 Å². The molecule has 1 aromatic rings. The molecule has 0 spiro atoms.